The number of amides is 2. The zero-order valence-corrected chi connectivity index (χ0v) is 47.6. The van der Waals surface area contributed by atoms with Gasteiger partial charge in [-0.15, -0.1) is 0 Å². The lowest BCUT2D eigenvalue weighted by Gasteiger charge is -2.51. The van der Waals surface area contributed by atoms with Crippen molar-refractivity contribution in [1.82, 2.24) is 9.80 Å². The summed E-state index contributed by atoms with van der Waals surface area (Å²) in [6, 6.07) is -2.37. The maximum absolute atomic E-state index is 16.8. The van der Waals surface area contributed by atoms with Crippen LogP contribution in [0.5, 0.6) is 0 Å². The molecule has 2 atom stereocenters. The fourth-order valence-corrected chi connectivity index (χ4v) is 28.1. The van der Waals surface area contributed by atoms with Gasteiger partial charge < -0.3 is 19.3 Å². The number of ether oxygens (including phenoxy) is 2. The second-order valence-electron chi connectivity index (χ2n) is 30.2. The molecule has 2 spiro atoms. The first-order valence-electron chi connectivity index (χ1n) is 32.9. The number of carbonyl (C=O) groups is 4. The lowest BCUT2D eigenvalue weighted by molar-refractivity contribution is -0.159. The van der Waals surface area contributed by atoms with Gasteiger partial charge in [-0.25, -0.2) is 9.59 Å². The lowest BCUT2D eigenvalue weighted by atomic mass is 9.46. The molecule has 5 aliphatic rings. The number of esters is 2. The molecule has 88 heavy (non-hydrogen) atoms. The normalized spacial score (nSPS) is 21.9. The van der Waals surface area contributed by atoms with Gasteiger partial charge >= 0.3 is 11.9 Å². The van der Waals surface area contributed by atoms with Crippen LogP contribution in [-0.2, 0) is 39.5 Å². The Kier molecular flexibility index (Phi) is 4.45. The summed E-state index contributed by atoms with van der Waals surface area (Å²) in [5.41, 5.74) is 2.23. The molecule has 28 aromatic rings. The van der Waals surface area contributed by atoms with E-state index in [0.717, 1.165) is 45.2 Å². The summed E-state index contributed by atoms with van der Waals surface area (Å²) >= 11 is 0. The predicted molar refractivity (Wildman–Crippen MR) is 357 cm³/mol. The van der Waals surface area contributed by atoms with Gasteiger partial charge in [0.2, 0.25) is 11.8 Å². The highest BCUT2D eigenvalue weighted by molar-refractivity contribution is 6.82. The van der Waals surface area contributed by atoms with Crippen LogP contribution in [0.3, 0.4) is 0 Å². The van der Waals surface area contributed by atoms with Crippen LogP contribution in [0.15, 0.2) is 0 Å². The number of rotatable bonds is 13. The van der Waals surface area contributed by atoms with Crippen LogP contribution >= 0.6 is 0 Å². The maximum Gasteiger partial charge on any atom is 0.329 e. The van der Waals surface area contributed by atoms with E-state index in [2.05, 4.69) is 0 Å². The minimum Gasteiger partial charge on any atom is -0.467 e. The summed E-state index contributed by atoms with van der Waals surface area (Å²) in [6.07, 6.45) is 5.91. The predicted octanol–water partition coefficient (Wildman–Crippen LogP) is 18.2. The highest BCUT2D eigenvalue weighted by Gasteiger charge is 2.83. The molecule has 400 valence electrons. The van der Waals surface area contributed by atoms with E-state index >= 15 is 14.4 Å². The van der Waals surface area contributed by atoms with Crippen molar-refractivity contribution in [1.29, 1.82) is 0 Å². The van der Waals surface area contributed by atoms with E-state index in [1.54, 1.807) is 10.8 Å². The fraction of sp³-hybridized carbons (Fsp3) is 0.225. The van der Waals surface area contributed by atoms with Crippen LogP contribution in [0.4, 0.5) is 0 Å². The standard InChI is InChI=1S/C80H34N2O6/c1-5-81(6-2)15(83)13-11-9-7-8-10-12-14-16(84)82-75(77(85)87-3)79-71-63-55-45-35-27-19-17-18-21-25-23(19)31-39-33(25)43-37-29(21)30-22(18)26-24-20(17)28(27)36-42-32(24)40-34(26)44-38(30)48-47(37)57-51(43)61-53(39)59(49(55)41(31)35)67(71)69(61)73-65(57)66-58(48)52(44)62-54(40)60-50(42)56(46(36)45)64(63)72(79)68(60)70(62)74(66)80(73,79)76(82)78(86)88-4/h75-76H,5-14H2,1-4H3. The number of nitrogens with zero attached hydrogens (tertiary/aromatic N) is 2. The molecule has 0 bridgehead atoms. The van der Waals surface area contributed by atoms with Gasteiger partial charge in [-0.1, -0.05) is 25.7 Å². The minimum absolute atomic E-state index is 0.174. The summed E-state index contributed by atoms with van der Waals surface area (Å²) in [4.78, 5) is 66.9. The molecule has 0 saturated carbocycles. The molecular formula is C80H34N2O6. The number of unbranched alkanes of at least 4 members (excludes halogenated alkanes) is 5. The zero-order valence-electron chi connectivity index (χ0n) is 47.6. The van der Waals surface area contributed by atoms with Crippen LogP contribution in [0.2, 0.25) is 0 Å². The summed E-state index contributed by atoms with van der Waals surface area (Å²) < 4.78 is 12.9. The Hall–Kier alpha value is -9.66. The first-order chi connectivity index (χ1) is 43.4. The van der Waals surface area contributed by atoms with Crippen molar-refractivity contribution >= 4 is 315 Å². The number of hydrogen-bond acceptors (Lipinski definition) is 6. The number of carbonyl (C=O) groups excluding carboxylic acids is 4. The number of hydrogen-bond donors (Lipinski definition) is 0. The average Bonchev–Trinajstić information content (AvgIpc) is 1.38. The topological polar surface area (TPSA) is 93.2 Å². The maximum atomic E-state index is 16.8. The van der Waals surface area contributed by atoms with Gasteiger partial charge in [0.25, 0.3) is 0 Å². The highest BCUT2D eigenvalue weighted by atomic mass is 16.5. The zero-order chi connectivity index (χ0) is 55.6. The summed E-state index contributed by atoms with van der Waals surface area (Å²) in [5.74, 6) is -0.849. The molecular weight excluding hydrogens is 1080 g/mol. The molecule has 1 heterocycles. The molecule has 28 aromatic carbocycles. The third kappa shape index (κ3) is 2.48. The molecule has 0 N–H and O–H groups in total. The Bertz CT molecular complexity index is 7260. The Morgan fingerprint density at radius 1 is 0.295 bits per heavy atom. The van der Waals surface area contributed by atoms with Crippen molar-refractivity contribution in [2.24, 2.45) is 0 Å². The largest absolute Gasteiger partial charge is 0.467 e. The Balaban J connectivity index is 0.855. The van der Waals surface area contributed by atoms with Gasteiger partial charge in [0, 0.05) is 25.9 Å². The van der Waals surface area contributed by atoms with Crippen LogP contribution in [0, 0.1) is 0 Å². The summed E-state index contributed by atoms with van der Waals surface area (Å²) in [5, 5.41) is 77.2. The highest BCUT2D eigenvalue weighted by Crippen LogP contribution is 2.87. The number of likely N-dealkylation sites (tertiary alicyclic amines) is 1. The van der Waals surface area contributed by atoms with Gasteiger partial charge in [0.15, 0.2) is 0 Å². The second kappa shape index (κ2) is 10.00. The number of benzene rings is 18. The van der Waals surface area contributed by atoms with Crippen molar-refractivity contribution in [2.75, 3.05) is 27.3 Å². The van der Waals surface area contributed by atoms with E-state index < -0.39 is 34.9 Å². The number of methoxy groups -OCH3 is 2. The van der Waals surface area contributed by atoms with Gasteiger partial charge in [0.05, 0.1) is 25.0 Å². The van der Waals surface area contributed by atoms with Crippen LogP contribution in [0.1, 0.15) is 87.5 Å². The van der Waals surface area contributed by atoms with Crippen molar-refractivity contribution < 1.29 is 28.7 Å². The van der Waals surface area contributed by atoms with E-state index in [1.165, 1.54) is 317 Å². The third-order valence-electron chi connectivity index (χ3n) is 29.1. The molecule has 2 unspecified atom stereocenters. The van der Waals surface area contributed by atoms with Gasteiger partial charge in [-0.3, -0.25) is 9.59 Å². The average molecular weight is 1120 g/mol. The van der Waals surface area contributed by atoms with Crippen molar-refractivity contribution in [3.63, 3.8) is 0 Å². The van der Waals surface area contributed by atoms with Crippen molar-refractivity contribution in [3.8, 4) is 0 Å². The molecule has 1 aliphatic heterocycles. The quantitative estimate of drug-likeness (QED) is 0.0649. The summed E-state index contributed by atoms with van der Waals surface area (Å²) in [7, 11) is 3.06. The molecule has 2 amide bonds. The SMILES string of the molecule is CCN(CC)C(=O)CCCCCCCCC(=O)N1C(C(=O)OC)C23c4c5c6c7c8c9c(c%10c%11c2c2c4c4c%12c5c5c6c6c8c8c%13c9c9c%10c%10c%11c%11c2c2c4c4c%12c%12c5c5c6c8c6c8c%13c9c9c%10c%10c%11c2c2c4c4c%12c5c6c5c8c9c%10c2c45)C73C1C(=O)OC. The van der Waals surface area contributed by atoms with Gasteiger partial charge in [-0.05, 0) is 340 Å². The molecule has 8 nitrogen and oxygen atoms in total. The molecule has 4 aliphatic carbocycles. The molecule has 1 saturated heterocycles. The monoisotopic (exact) mass is 1120 g/mol. The van der Waals surface area contributed by atoms with Crippen molar-refractivity contribution in [2.45, 2.75) is 88.1 Å². The van der Waals surface area contributed by atoms with Gasteiger partial charge in [-0.2, -0.15) is 0 Å². The first kappa shape index (κ1) is 39.2. The molecule has 0 aromatic heterocycles. The van der Waals surface area contributed by atoms with E-state index in [-0.39, 0.29) is 18.2 Å². The second-order valence-corrected chi connectivity index (χ2v) is 30.2. The molecule has 33 rings (SSSR count). The molecule has 8 heteroatoms. The Morgan fingerprint density at radius 2 is 0.477 bits per heavy atom. The lowest BCUT2D eigenvalue weighted by Crippen LogP contribution is -2.59. The fourth-order valence-electron chi connectivity index (χ4n) is 28.1. The van der Waals surface area contributed by atoms with E-state index in [1.807, 2.05) is 23.6 Å². The van der Waals surface area contributed by atoms with E-state index in [9.17, 15) is 4.79 Å². The Morgan fingerprint density at radius 3 is 0.670 bits per heavy atom. The van der Waals surface area contributed by atoms with Gasteiger partial charge in [0.1, 0.15) is 12.1 Å². The Labute approximate surface area is 488 Å². The smallest absolute Gasteiger partial charge is 0.329 e. The van der Waals surface area contributed by atoms with Crippen LogP contribution in [-0.4, -0.2) is 72.9 Å². The van der Waals surface area contributed by atoms with Crippen LogP contribution in [0.25, 0.3) is 291 Å². The van der Waals surface area contributed by atoms with Crippen molar-refractivity contribution in [3.05, 3.63) is 22.3 Å². The molecule has 0 radical (unpaired) electrons. The molecule has 1 fully saturated rings. The third-order valence-corrected chi connectivity index (χ3v) is 29.1. The summed E-state index contributed by atoms with van der Waals surface area (Å²) in [6.45, 7) is 5.55. The minimum atomic E-state index is -1.28. The van der Waals surface area contributed by atoms with E-state index in [4.69, 9.17) is 9.47 Å². The first-order valence-corrected chi connectivity index (χ1v) is 32.9. The van der Waals surface area contributed by atoms with Crippen LogP contribution < -0.4 is 0 Å². The van der Waals surface area contributed by atoms with E-state index in [0.29, 0.717) is 12.8 Å².